The summed E-state index contributed by atoms with van der Waals surface area (Å²) in [6.45, 7) is 0. The minimum atomic E-state index is -0.440. The normalized spacial score (nSPS) is 10.2. The van der Waals surface area contributed by atoms with Crippen LogP contribution in [0.5, 0.6) is 0 Å². The van der Waals surface area contributed by atoms with Crippen molar-refractivity contribution < 1.29 is 9.32 Å². The number of para-hydroxylation sites is 1. The van der Waals surface area contributed by atoms with E-state index >= 15 is 0 Å². The van der Waals surface area contributed by atoms with Gasteiger partial charge in [0.05, 0.1) is 15.0 Å². The maximum Gasteiger partial charge on any atom is 0.342 e. The average Bonchev–Trinajstić information content (AvgIpc) is 2.63. The Bertz CT molecular complexity index is 454. The third-order valence-electron chi connectivity index (χ3n) is 1.67. The number of rotatable bonds is 1. The van der Waals surface area contributed by atoms with E-state index in [0.717, 1.165) is 0 Å². The highest BCUT2D eigenvalue weighted by Gasteiger charge is 2.11. The Kier molecular flexibility index (Phi) is 1.94. The molecule has 1 N–H and O–H groups in total. The highest BCUT2D eigenvalue weighted by atomic mass is 31.0. The van der Waals surface area contributed by atoms with Crippen LogP contribution < -0.4 is 0 Å². The molecule has 0 bridgehead atoms. The Balaban J connectivity index is 2.67. The van der Waals surface area contributed by atoms with Crippen LogP contribution in [-0.2, 0) is 4.52 Å². The summed E-state index contributed by atoms with van der Waals surface area (Å²) in [5.41, 5.74) is 1.57. The lowest BCUT2D eigenvalue weighted by Gasteiger charge is -1.97. The predicted molar refractivity (Wildman–Crippen MR) is 49.0 cm³/mol. The lowest BCUT2D eigenvalue weighted by molar-refractivity contribution is 0.0767. The molecule has 13 heavy (non-hydrogen) atoms. The van der Waals surface area contributed by atoms with Crippen molar-refractivity contribution in [3.05, 3.63) is 23.8 Å². The number of aromatic amines is 1. The first kappa shape index (κ1) is 8.13. The molecule has 66 valence electrons. The third-order valence-corrected chi connectivity index (χ3v) is 1.89. The van der Waals surface area contributed by atoms with Gasteiger partial charge >= 0.3 is 5.97 Å². The van der Waals surface area contributed by atoms with Crippen molar-refractivity contribution >= 4 is 26.5 Å². The number of benzene rings is 1. The average molecular weight is 195 g/mol. The molecule has 1 aromatic carbocycles. The van der Waals surface area contributed by atoms with Gasteiger partial charge in [0, 0.05) is 0 Å². The molecule has 0 aliphatic rings. The first-order valence-electron chi connectivity index (χ1n) is 3.53. The SMILES string of the molecule is O=C(OP)c1cccc2n[nH]nc12. The summed E-state index contributed by atoms with van der Waals surface area (Å²) in [5.74, 6) is -0.440. The second-order valence-corrected chi connectivity index (χ2v) is 2.64. The van der Waals surface area contributed by atoms with Gasteiger partial charge in [0.25, 0.3) is 0 Å². The van der Waals surface area contributed by atoms with Gasteiger partial charge in [0.1, 0.15) is 11.0 Å². The zero-order chi connectivity index (χ0) is 9.26. The largest absolute Gasteiger partial charge is 0.448 e. The fourth-order valence-corrected chi connectivity index (χ4v) is 1.22. The first-order valence-corrected chi connectivity index (χ1v) is 4.00. The molecule has 2 rings (SSSR count). The molecule has 0 spiro atoms. The number of fused-ring (bicyclic) bond motifs is 1. The van der Waals surface area contributed by atoms with Crippen LogP contribution in [0.3, 0.4) is 0 Å². The summed E-state index contributed by atoms with van der Waals surface area (Å²) >= 11 is 0. The molecule has 1 aromatic heterocycles. The second kappa shape index (κ2) is 3.11. The van der Waals surface area contributed by atoms with E-state index in [1.165, 1.54) is 0 Å². The maximum absolute atomic E-state index is 11.2. The molecule has 0 fully saturated rings. The van der Waals surface area contributed by atoms with Crippen LogP contribution in [0.2, 0.25) is 0 Å². The zero-order valence-corrected chi connectivity index (χ0v) is 7.68. The highest BCUT2D eigenvalue weighted by molar-refractivity contribution is 7.10. The molecule has 0 aliphatic carbocycles. The third kappa shape index (κ3) is 1.27. The van der Waals surface area contributed by atoms with Gasteiger partial charge in [0.15, 0.2) is 0 Å². The van der Waals surface area contributed by atoms with Crippen LogP contribution in [-0.4, -0.2) is 21.4 Å². The fraction of sp³-hybridized carbons (Fsp3) is 0. The van der Waals surface area contributed by atoms with Crippen LogP contribution in [0.15, 0.2) is 18.2 Å². The maximum atomic E-state index is 11.2. The lowest BCUT2D eigenvalue weighted by Crippen LogP contribution is -1.98. The summed E-state index contributed by atoms with van der Waals surface area (Å²) in [6.07, 6.45) is 0. The van der Waals surface area contributed by atoms with E-state index in [0.29, 0.717) is 16.6 Å². The molecule has 1 unspecified atom stereocenters. The van der Waals surface area contributed by atoms with Crippen molar-refractivity contribution in [2.75, 3.05) is 0 Å². The van der Waals surface area contributed by atoms with E-state index in [1.54, 1.807) is 18.2 Å². The topological polar surface area (TPSA) is 67.9 Å². The van der Waals surface area contributed by atoms with Gasteiger partial charge < -0.3 is 4.52 Å². The second-order valence-electron chi connectivity index (χ2n) is 2.40. The van der Waals surface area contributed by atoms with Crippen LogP contribution in [0, 0.1) is 0 Å². The molecule has 2 aromatic rings. The number of nitrogens with one attached hydrogen (secondary N) is 1. The van der Waals surface area contributed by atoms with Crippen molar-refractivity contribution in [3.63, 3.8) is 0 Å². The molecule has 0 saturated heterocycles. The quantitative estimate of drug-likeness (QED) is 0.686. The lowest BCUT2D eigenvalue weighted by atomic mass is 10.2. The van der Waals surface area contributed by atoms with Gasteiger partial charge in [-0.2, -0.15) is 15.4 Å². The van der Waals surface area contributed by atoms with Crippen molar-refractivity contribution in [1.82, 2.24) is 15.4 Å². The van der Waals surface area contributed by atoms with Crippen LogP contribution in [0.1, 0.15) is 10.4 Å². The van der Waals surface area contributed by atoms with Crippen molar-refractivity contribution in [2.24, 2.45) is 0 Å². The van der Waals surface area contributed by atoms with E-state index < -0.39 is 5.97 Å². The minimum absolute atomic E-state index is 0.404. The Hall–Kier alpha value is -1.48. The number of carbonyl (C=O) groups excluding carboxylic acids is 1. The number of hydrogen-bond donors (Lipinski definition) is 1. The van der Waals surface area contributed by atoms with E-state index in [-0.39, 0.29) is 0 Å². The van der Waals surface area contributed by atoms with Crippen molar-refractivity contribution in [3.8, 4) is 0 Å². The fourth-order valence-electron chi connectivity index (χ4n) is 1.10. The van der Waals surface area contributed by atoms with Crippen LogP contribution >= 0.6 is 9.47 Å². The van der Waals surface area contributed by atoms with E-state index in [4.69, 9.17) is 0 Å². The molecule has 0 radical (unpaired) electrons. The Labute approximate surface area is 75.8 Å². The summed E-state index contributed by atoms with van der Waals surface area (Å²) in [4.78, 5) is 11.2. The van der Waals surface area contributed by atoms with Gasteiger partial charge in [-0.15, -0.1) is 0 Å². The Morgan fingerprint density at radius 2 is 2.31 bits per heavy atom. The standard InChI is InChI=1S/C7H6N3O2P/c11-7(12-13)4-2-1-3-5-6(4)9-10-8-5/h1-3H,13H2,(H,8,9,10). The molecule has 0 amide bonds. The number of carbonyl (C=O) groups is 1. The molecule has 0 aliphatic heterocycles. The summed E-state index contributed by atoms with van der Waals surface area (Å²) in [7, 11) is 1.90. The monoisotopic (exact) mass is 195 g/mol. The Morgan fingerprint density at radius 1 is 1.46 bits per heavy atom. The Morgan fingerprint density at radius 3 is 3.08 bits per heavy atom. The first-order chi connectivity index (χ1) is 6.33. The summed E-state index contributed by atoms with van der Waals surface area (Å²) in [6, 6.07) is 5.12. The molecule has 1 atom stereocenters. The molecular weight excluding hydrogens is 189 g/mol. The van der Waals surface area contributed by atoms with Gasteiger partial charge in [-0.3, -0.25) is 0 Å². The van der Waals surface area contributed by atoms with Gasteiger partial charge in [-0.05, 0) is 12.1 Å². The molecule has 1 heterocycles. The molecule has 0 saturated carbocycles. The van der Waals surface area contributed by atoms with Crippen molar-refractivity contribution in [1.29, 1.82) is 0 Å². The highest BCUT2D eigenvalue weighted by Crippen LogP contribution is 2.15. The van der Waals surface area contributed by atoms with Gasteiger partial charge in [-0.1, -0.05) is 6.07 Å². The number of H-pyrrole nitrogens is 1. The number of hydrogen-bond acceptors (Lipinski definition) is 4. The number of aromatic nitrogens is 3. The van der Waals surface area contributed by atoms with E-state index in [9.17, 15) is 4.79 Å². The van der Waals surface area contributed by atoms with Crippen molar-refractivity contribution in [2.45, 2.75) is 0 Å². The predicted octanol–water partition coefficient (Wildman–Crippen LogP) is 0.905. The minimum Gasteiger partial charge on any atom is -0.448 e. The zero-order valence-electron chi connectivity index (χ0n) is 6.52. The molecule has 5 nitrogen and oxygen atoms in total. The van der Waals surface area contributed by atoms with Gasteiger partial charge in [0.2, 0.25) is 0 Å². The van der Waals surface area contributed by atoms with Crippen LogP contribution in [0.4, 0.5) is 0 Å². The smallest absolute Gasteiger partial charge is 0.342 e. The molecular formula is C7H6N3O2P. The van der Waals surface area contributed by atoms with Crippen LogP contribution in [0.25, 0.3) is 11.0 Å². The summed E-state index contributed by atoms with van der Waals surface area (Å²) in [5, 5.41) is 10.1. The number of nitrogens with zero attached hydrogens (tertiary/aromatic N) is 2. The van der Waals surface area contributed by atoms with E-state index in [2.05, 4.69) is 19.9 Å². The van der Waals surface area contributed by atoms with E-state index in [1.807, 2.05) is 9.47 Å². The van der Waals surface area contributed by atoms with Gasteiger partial charge in [-0.25, -0.2) is 4.79 Å². The summed E-state index contributed by atoms with van der Waals surface area (Å²) < 4.78 is 4.51. The molecule has 6 heteroatoms.